The highest BCUT2D eigenvalue weighted by Crippen LogP contribution is 2.42. The van der Waals surface area contributed by atoms with E-state index in [1.165, 1.54) is 12.5 Å². The molecule has 2 heterocycles. The van der Waals surface area contributed by atoms with Crippen LogP contribution < -0.4 is 0 Å². The van der Waals surface area contributed by atoms with Gasteiger partial charge in [-0.3, -0.25) is 14.6 Å². The highest BCUT2D eigenvalue weighted by molar-refractivity contribution is 7.08. The maximum atomic E-state index is 13.4. The fourth-order valence-corrected chi connectivity index (χ4v) is 3.86. The van der Waals surface area contributed by atoms with Gasteiger partial charge in [0.1, 0.15) is 5.76 Å². The first kappa shape index (κ1) is 17.6. The van der Waals surface area contributed by atoms with Crippen LogP contribution in [-0.2, 0) is 9.53 Å². The van der Waals surface area contributed by atoms with Crippen molar-refractivity contribution in [1.82, 2.24) is 0 Å². The van der Waals surface area contributed by atoms with Crippen molar-refractivity contribution in [3.8, 4) is 0 Å². The molecule has 25 heavy (non-hydrogen) atoms. The molecule has 1 aromatic heterocycles. The Morgan fingerprint density at radius 1 is 1.48 bits per heavy atom. The number of aliphatic carboxylic acids is 1. The molecule has 8 heteroatoms. The summed E-state index contributed by atoms with van der Waals surface area (Å²) in [5.41, 5.74) is 2.21. The molecule has 0 radical (unpaired) electrons. The number of carbonyl (C=O) groups is 2. The number of aliphatic imine (C=N–C) groups is 1. The number of ether oxygens (including phenoxy) is 1. The average Bonchev–Trinajstić information content (AvgIpc) is 3.09. The third kappa shape index (κ3) is 3.05. The first-order valence-corrected chi connectivity index (χ1v) is 8.55. The van der Waals surface area contributed by atoms with E-state index in [-0.39, 0.29) is 29.7 Å². The predicted octanol–water partition coefficient (Wildman–Crippen LogP) is 4.07. The first-order chi connectivity index (χ1) is 11.8. The fraction of sp³-hybridized carbons (Fsp3) is 0.235. The maximum Gasteiger partial charge on any atom is 0.307 e. The SMILES string of the molecule is COC1=C(Cl)CC2=NC(C)=C(CC(=O)O)C2=C1C(=O)c1csc(F)c1. The first-order valence-electron chi connectivity index (χ1n) is 7.29. The van der Waals surface area contributed by atoms with Crippen LogP contribution in [0.4, 0.5) is 4.39 Å². The molecular weight excluding hydrogens is 369 g/mol. The van der Waals surface area contributed by atoms with Gasteiger partial charge < -0.3 is 9.84 Å². The van der Waals surface area contributed by atoms with Crippen LogP contribution in [0.25, 0.3) is 0 Å². The Kier molecular flexibility index (Phi) is 4.62. The van der Waals surface area contributed by atoms with E-state index in [0.29, 0.717) is 27.6 Å². The Morgan fingerprint density at radius 2 is 2.20 bits per heavy atom. The van der Waals surface area contributed by atoms with E-state index in [1.807, 2.05) is 0 Å². The molecule has 1 aliphatic carbocycles. The lowest BCUT2D eigenvalue weighted by atomic mass is 9.85. The van der Waals surface area contributed by atoms with Gasteiger partial charge in [-0.1, -0.05) is 11.6 Å². The highest BCUT2D eigenvalue weighted by atomic mass is 35.5. The Balaban J connectivity index is 2.23. The number of rotatable bonds is 5. The molecule has 0 fully saturated rings. The molecule has 3 rings (SSSR count). The van der Waals surface area contributed by atoms with Crippen LogP contribution in [0.1, 0.15) is 30.1 Å². The van der Waals surface area contributed by atoms with Crippen LogP contribution in [0, 0.1) is 5.13 Å². The summed E-state index contributed by atoms with van der Waals surface area (Å²) in [7, 11) is 1.38. The van der Waals surface area contributed by atoms with Gasteiger partial charge in [-0.15, -0.1) is 11.3 Å². The lowest BCUT2D eigenvalue weighted by Gasteiger charge is -2.22. The van der Waals surface area contributed by atoms with Crippen LogP contribution in [0.5, 0.6) is 0 Å². The Morgan fingerprint density at radius 3 is 2.76 bits per heavy atom. The number of hydrogen-bond acceptors (Lipinski definition) is 5. The third-order valence-corrected chi connectivity index (χ3v) is 4.98. The number of fused-ring (bicyclic) bond motifs is 1. The van der Waals surface area contributed by atoms with E-state index < -0.39 is 16.9 Å². The molecule has 0 aromatic carbocycles. The van der Waals surface area contributed by atoms with Crippen LogP contribution in [0.2, 0.25) is 0 Å². The number of halogens is 2. The number of thiophene rings is 1. The third-order valence-electron chi connectivity index (χ3n) is 3.96. The molecule has 0 saturated heterocycles. The number of carboxylic acids is 1. The molecule has 0 saturated carbocycles. The molecule has 1 N–H and O–H groups in total. The van der Waals surface area contributed by atoms with Gasteiger partial charge in [-0.2, -0.15) is 4.39 Å². The molecule has 5 nitrogen and oxygen atoms in total. The molecule has 1 aliphatic heterocycles. The molecule has 130 valence electrons. The van der Waals surface area contributed by atoms with Gasteiger partial charge in [0, 0.05) is 28.6 Å². The molecule has 0 spiro atoms. The second-order valence-corrected chi connectivity index (χ2v) is 6.84. The van der Waals surface area contributed by atoms with E-state index in [9.17, 15) is 19.1 Å². The van der Waals surface area contributed by atoms with Gasteiger partial charge in [-0.05, 0) is 18.6 Å². The van der Waals surface area contributed by atoms with E-state index >= 15 is 0 Å². The zero-order valence-corrected chi connectivity index (χ0v) is 14.9. The largest absolute Gasteiger partial charge is 0.495 e. The minimum absolute atomic E-state index is 0.128. The van der Waals surface area contributed by atoms with Crippen molar-refractivity contribution in [2.24, 2.45) is 4.99 Å². The number of allylic oxidation sites excluding steroid dienone is 4. The van der Waals surface area contributed by atoms with Crippen LogP contribution in [-0.4, -0.2) is 29.7 Å². The normalized spacial score (nSPS) is 17.0. The summed E-state index contributed by atoms with van der Waals surface area (Å²) in [6, 6.07) is 1.13. The number of nitrogens with zero attached hydrogens (tertiary/aromatic N) is 1. The Labute approximate surface area is 151 Å². The summed E-state index contributed by atoms with van der Waals surface area (Å²) in [6.45, 7) is 1.68. The maximum absolute atomic E-state index is 13.4. The van der Waals surface area contributed by atoms with E-state index in [4.69, 9.17) is 16.3 Å². The minimum atomic E-state index is -1.04. The smallest absolute Gasteiger partial charge is 0.307 e. The lowest BCUT2D eigenvalue weighted by molar-refractivity contribution is -0.136. The lowest BCUT2D eigenvalue weighted by Crippen LogP contribution is -2.20. The van der Waals surface area contributed by atoms with Crippen molar-refractivity contribution >= 4 is 40.4 Å². The molecule has 0 bridgehead atoms. The summed E-state index contributed by atoms with van der Waals surface area (Å²) in [5.74, 6) is -1.34. The summed E-state index contributed by atoms with van der Waals surface area (Å²) >= 11 is 7.07. The van der Waals surface area contributed by atoms with Gasteiger partial charge >= 0.3 is 5.97 Å². The fourth-order valence-electron chi connectivity index (χ4n) is 2.95. The van der Waals surface area contributed by atoms with Crippen LogP contribution in [0.15, 0.2) is 49.6 Å². The standard InChI is InChI=1S/C17H13ClFNO4S/c1-7-9(4-13(21)22)14-11(20-7)5-10(18)17(24-2)15(14)16(23)8-3-12(19)25-6-8/h3,6H,4-5H2,1-2H3,(H,21,22). The molecule has 0 amide bonds. The van der Waals surface area contributed by atoms with Crippen molar-refractivity contribution in [2.45, 2.75) is 19.8 Å². The number of methoxy groups -OCH3 is 1. The second-order valence-electron chi connectivity index (χ2n) is 5.53. The topological polar surface area (TPSA) is 76.0 Å². The van der Waals surface area contributed by atoms with Gasteiger partial charge in [0.25, 0.3) is 0 Å². The van der Waals surface area contributed by atoms with Gasteiger partial charge in [0.05, 0.1) is 29.8 Å². The number of hydrogen-bond donors (Lipinski definition) is 1. The molecular formula is C17H13ClFNO4S. The van der Waals surface area contributed by atoms with Crippen molar-refractivity contribution in [3.63, 3.8) is 0 Å². The predicted molar refractivity (Wildman–Crippen MR) is 92.5 cm³/mol. The number of carbonyl (C=O) groups excluding carboxylic acids is 1. The Hall–Kier alpha value is -2.25. The van der Waals surface area contributed by atoms with Gasteiger partial charge in [-0.25, -0.2) is 0 Å². The summed E-state index contributed by atoms with van der Waals surface area (Å²) < 4.78 is 18.7. The number of carboxylic acid groups (broad SMARTS) is 1. The Bertz CT molecular complexity index is 923. The summed E-state index contributed by atoms with van der Waals surface area (Å²) in [5, 5.41) is 10.4. The molecule has 2 aliphatic rings. The molecule has 1 aromatic rings. The van der Waals surface area contributed by atoms with Crippen molar-refractivity contribution in [2.75, 3.05) is 7.11 Å². The van der Waals surface area contributed by atoms with E-state index in [1.54, 1.807) is 6.92 Å². The van der Waals surface area contributed by atoms with Crippen LogP contribution in [0.3, 0.4) is 0 Å². The second kappa shape index (κ2) is 6.57. The zero-order valence-electron chi connectivity index (χ0n) is 13.4. The zero-order chi connectivity index (χ0) is 18.3. The summed E-state index contributed by atoms with van der Waals surface area (Å²) in [4.78, 5) is 28.6. The number of ketones is 1. The van der Waals surface area contributed by atoms with Crippen molar-refractivity contribution in [3.05, 3.63) is 55.3 Å². The van der Waals surface area contributed by atoms with Gasteiger partial charge in [0.2, 0.25) is 0 Å². The minimum Gasteiger partial charge on any atom is -0.495 e. The summed E-state index contributed by atoms with van der Waals surface area (Å²) in [6.07, 6.45) is -0.0349. The van der Waals surface area contributed by atoms with E-state index in [0.717, 1.165) is 17.4 Å². The van der Waals surface area contributed by atoms with Gasteiger partial charge in [0.15, 0.2) is 10.9 Å². The quantitative estimate of drug-likeness (QED) is 0.780. The van der Waals surface area contributed by atoms with Crippen molar-refractivity contribution in [1.29, 1.82) is 0 Å². The molecule has 0 unspecified atom stereocenters. The highest BCUT2D eigenvalue weighted by Gasteiger charge is 2.37. The average molecular weight is 382 g/mol. The monoisotopic (exact) mass is 381 g/mol. The van der Waals surface area contributed by atoms with E-state index in [2.05, 4.69) is 4.99 Å². The van der Waals surface area contributed by atoms with Crippen molar-refractivity contribution < 1.29 is 23.8 Å². The number of Topliss-reactive ketones (excluding diaryl/α,β-unsaturated/α-hetero) is 1. The van der Waals surface area contributed by atoms with Crippen LogP contribution >= 0.6 is 22.9 Å². The molecule has 0 atom stereocenters.